The molecule has 0 fully saturated rings. The van der Waals surface area contributed by atoms with Crippen LogP contribution in [0, 0.1) is 0 Å². The SMILES string of the molecule is COc1ccc(C(=O)CSc2nnc(NCc3ccco3)s2)c(OC)c1. The van der Waals surface area contributed by atoms with Gasteiger partial charge in [0.25, 0.3) is 0 Å². The average Bonchev–Trinajstić information content (AvgIpc) is 3.35. The number of nitrogens with zero attached hydrogens (tertiary/aromatic N) is 2. The molecule has 7 nitrogen and oxygen atoms in total. The topological polar surface area (TPSA) is 86.5 Å². The van der Waals surface area contributed by atoms with Crippen molar-refractivity contribution in [3.8, 4) is 11.5 Å². The molecule has 9 heteroatoms. The molecule has 0 atom stereocenters. The Labute approximate surface area is 158 Å². The Bertz CT molecular complexity index is 865. The van der Waals surface area contributed by atoms with E-state index in [-0.39, 0.29) is 11.5 Å². The Morgan fingerprint density at radius 2 is 2.15 bits per heavy atom. The number of carbonyl (C=O) groups excluding carboxylic acids is 1. The molecular formula is C17H17N3O4S2. The first-order chi connectivity index (χ1) is 12.7. The minimum absolute atomic E-state index is 0.0465. The number of hydrogen-bond acceptors (Lipinski definition) is 9. The lowest BCUT2D eigenvalue weighted by atomic mass is 10.1. The van der Waals surface area contributed by atoms with E-state index in [1.54, 1.807) is 31.6 Å². The number of ether oxygens (including phenoxy) is 2. The number of ketones is 1. The van der Waals surface area contributed by atoms with E-state index < -0.39 is 0 Å². The second-order valence-electron chi connectivity index (χ2n) is 5.08. The van der Waals surface area contributed by atoms with Gasteiger partial charge < -0.3 is 19.2 Å². The van der Waals surface area contributed by atoms with Gasteiger partial charge in [-0.25, -0.2) is 0 Å². The molecule has 0 radical (unpaired) electrons. The standard InChI is InChI=1S/C17H17N3O4S2/c1-22-11-5-6-13(15(8-11)23-2)14(21)10-25-17-20-19-16(26-17)18-9-12-4-3-7-24-12/h3-8H,9-10H2,1-2H3,(H,18,19). The van der Waals surface area contributed by atoms with Crippen molar-refractivity contribution in [2.45, 2.75) is 10.9 Å². The van der Waals surface area contributed by atoms with Crippen molar-refractivity contribution in [1.29, 1.82) is 0 Å². The van der Waals surface area contributed by atoms with Crippen LogP contribution in [-0.4, -0.2) is 36.0 Å². The lowest BCUT2D eigenvalue weighted by Crippen LogP contribution is -2.05. The van der Waals surface area contributed by atoms with Crippen LogP contribution >= 0.6 is 23.1 Å². The van der Waals surface area contributed by atoms with Gasteiger partial charge in [0.15, 0.2) is 10.1 Å². The number of hydrogen-bond donors (Lipinski definition) is 1. The minimum Gasteiger partial charge on any atom is -0.497 e. The smallest absolute Gasteiger partial charge is 0.206 e. The summed E-state index contributed by atoms with van der Waals surface area (Å²) in [6.45, 7) is 0.536. The van der Waals surface area contributed by atoms with Crippen molar-refractivity contribution in [2.24, 2.45) is 0 Å². The maximum atomic E-state index is 12.5. The van der Waals surface area contributed by atoms with E-state index in [4.69, 9.17) is 13.9 Å². The van der Waals surface area contributed by atoms with Gasteiger partial charge in [-0.2, -0.15) is 0 Å². The quantitative estimate of drug-likeness (QED) is 0.436. The lowest BCUT2D eigenvalue weighted by molar-refractivity contribution is 0.101. The number of aromatic nitrogens is 2. The molecule has 0 aliphatic rings. The Kier molecular flexibility index (Phi) is 6.13. The van der Waals surface area contributed by atoms with Gasteiger partial charge in [0.05, 0.1) is 38.3 Å². The zero-order valence-corrected chi connectivity index (χ0v) is 15.9. The van der Waals surface area contributed by atoms with Crippen molar-refractivity contribution >= 4 is 34.0 Å². The normalized spacial score (nSPS) is 10.5. The van der Waals surface area contributed by atoms with Crippen molar-refractivity contribution in [3.63, 3.8) is 0 Å². The molecule has 0 amide bonds. The van der Waals surface area contributed by atoms with Crippen LogP contribution in [0.15, 0.2) is 45.4 Å². The lowest BCUT2D eigenvalue weighted by Gasteiger charge is -2.09. The molecular weight excluding hydrogens is 374 g/mol. The van der Waals surface area contributed by atoms with Crippen LogP contribution in [0.2, 0.25) is 0 Å². The van der Waals surface area contributed by atoms with Gasteiger partial charge in [-0.3, -0.25) is 4.79 Å². The van der Waals surface area contributed by atoms with Gasteiger partial charge in [0.1, 0.15) is 17.3 Å². The molecule has 0 aliphatic carbocycles. The summed E-state index contributed by atoms with van der Waals surface area (Å²) in [4.78, 5) is 12.5. The summed E-state index contributed by atoms with van der Waals surface area (Å²) in [5, 5.41) is 12.0. The van der Waals surface area contributed by atoms with Crippen LogP contribution in [0.4, 0.5) is 5.13 Å². The largest absolute Gasteiger partial charge is 0.497 e. The predicted octanol–water partition coefficient (Wildman–Crippen LogP) is 3.74. The molecule has 2 aromatic heterocycles. The Morgan fingerprint density at radius 3 is 2.88 bits per heavy atom. The highest BCUT2D eigenvalue weighted by molar-refractivity contribution is 8.01. The first-order valence-corrected chi connectivity index (χ1v) is 9.47. The van der Waals surface area contributed by atoms with E-state index in [0.717, 1.165) is 5.76 Å². The van der Waals surface area contributed by atoms with Gasteiger partial charge in [-0.1, -0.05) is 23.1 Å². The molecule has 26 heavy (non-hydrogen) atoms. The van der Waals surface area contributed by atoms with Crippen LogP contribution in [0.1, 0.15) is 16.1 Å². The molecule has 0 spiro atoms. The Balaban J connectivity index is 1.56. The third-order valence-corrected chi connectivity index (χ3v) is 5.45. The summed E-state index contributed by atoms with van der Waals surface area (Å²) in [5.74, 6) is 2.15. The monoisotopic (exact) mass is 391 g/mol. The fourth-order valence-corrected chi connectivity index (χ4v) is 3.78. The maximum absolute atomic E-state index is 12.5. The summed E-state index contributed by atoms with van der Waals surface area (Å²) >= 11 is 2.73. The minimum atomic E-state index is -0.0465. The number of anilines is 1. The third kappa shape index (κ3) is 4.55. The summed E-state index contributed by atoms with van der Waals surface area (Å²) in [6, 6.07) is 8.85. The van der Waals surface area contributed by atoms with E-state index >= 15 is 0 Å². The Morgan fingerprint density at radius 1 is 1.27 bits per heavy atom. The Hall–Kier alpha value is -2.52. The van der Waals surface area contributed by atoms with E-state index in [9.17, 15) is 4.79 Å². The van der Waals surface area contributed by atoms with Crippen LogP contribution < -0.4 is 14.8 Å². The summed E-state index contributed by atoms with van der Waals surface area (Å²) in [7, 11) is 3.10. The van der Waals surface area contributed by atoms with E-state index in [0.29, 0.717) is 33.1 Å². The number of benzene rings is 1. The number of nitrogens with one attached hydrogen (secondary N) is 1. The fraction of sp³-hybridized carbons (Fsp3) is 0.235. The van der Waals surface area contributed by atoms with Gasteiger partial charge >= 0.3 is 0 Å². The highest BCUT2D eigenvalue weighted by Gasteiger charge is 2.15. The average molecular weight is 391 g/mol. The number of methoxy groups -OCH3 is 2. The van der Waals surface area contributed by atoms with Crippen LogP contribution in [0.3, 0.4) is 0 Å². The first-order valence-electron chi connectivity index (χ1n) is 7.67. The van der Waals surface area contributed by atoms with Crippen LogP contribution in [0.25, 0.3) is 0 Å². The summed E-state index contributed by atoms with van der Waals surface area (Å²) in [5.41, 5.74) is 0.515. The molecule has 0 aliphatic heterocycles. The number of Topliss-reactive ketones (excluding diaryl/α,β-unsaturated/α-hetero) is 1. The molecule has 0 unspecified atom stereocenters. The van der Waals surface area contributed by atoms with Gasteiger partial charge in [0.2, 0.25) is 5.13 Å². The molecule has 3 rings (SSSR count). The number of carbonyl (C=O) groups is 1. The third-order valence-electron chi connectivity index (χ3n) is 3.44. The maximum Gasteiger partial charge on any atom is 0.206 e. The van der Waals surface area contributed by atoms with Crippen molar-refractivity contribution in [1.82, 2.24) is 10.2 Å². The molecule has 1 N–H and O–H groups in total. The second kappa shape index (κ2) is 8.72. The van der Waals surface area contributed by atoms with Gasteiger partial charge in [-0.15, -0.1) is 10.2 Å². The molecule has 3 aromatic rings. The first kappa shape index (κ1) is 18.3. The molecule has 0 saturated carbocycles. The van der Waals surface area contributed by atoms with Gasteiger partial charge in [0, 0.05) is 6.07 Å². The van der Waals surface area contributed by atoms with E-state index in [1.165, 1.54) is 30.2 Å². The molecule has 2 heterocycles. The van der Waals surface area contributed by atoms with E-state index in [1.807, 2.05) is 12.1 Å². The van der Waals surface area contributed by atoms with Crippen molar-refractivity contribution in [3.05, 3.63) is 47.9 Å². The van der Waals surface area contributed by atoms with Crippen molar-refractivity contribution in [2.75, 3.05) is 25.3 Å². The number of thioether (sulfide) groups is 1. The zero-order valence-electron chi connectivity index (χ0n) is 14.2. The molecule has 136 valence electrons. The number of furan rings is 1. The number of rotatable bonds is 9. The second-order valence-corrected chi connectivity index (χ2v) is 7.28. The highest BCUT2D eigenvalue weighted by Crippen LogP contribution is 2.29. The summed E-state index contributed by atoms with van der Waals surface area (Å²) < 4.78 is 16.4. The van der Waals surface area contributed by atoms with Crippen LogP contribution in [-0.2, 0) is 6.54 Å². The molecule has 1 aromatic carbocycles. The summed E-state index contributed by atoms with van der Waals surface area (Å²) in [6.07, 6.45) is 1.62. The molecule has 0 bridgehead atoms. The fourth-order valence-electron chi connectivity index (χ4n) is 2.15. The molecule has 0 saturated heterocycles. The van der Waals surface area contributed by atoms with Crippen LogP contribution in [0.5, 0.6) is 11.5 Å². The highest BCUT2D eigenvalue weighted by atomic mass is 32.2. The van der Waals surface area contributed by atoms with Crippen molar-refractivity contribution < 1.29 is 18.7 Å². The zero-order chi connectivity index (χ0) is 18.4. The predicted molar refractivity (Wildman–Crippen MR) is 101 cm³/mol. The van der Waals surface area contributed by atoms with Gasteiger partial charge in [-0.05, 0) is 24.3 Å². The van der Waals surface area contributed by atoms with E-state index in [2.05, 4.69) is 15.5 Å².